The summed E-state index contributed by atoms with van der Waals surface area (Å²) in [4.78, 5) is 15.6. The molecule has 10 nitrogen and oxygen atoms in total. The Hall–Kier alpha value is -2.47. The third-order valence-electron chi connectivity index (χ3n) is 3.29. The van der Waals surface area contributed by atoms with Crippen molar-refractivity contribution >= 4 is 31.6 Å². The van der Waals surface area contributed by atoms with Crippen LogP contribution in [0.2, 0.25) is 0 Å². The van der Waals surface area contributed by atoms with Crippen LogP contribution in [-0.4, -0.2) is 38.2 Å². The second-order valence-electron chi connectivity index (χ2n) is 4.89. The first-order chi connectivity index (χ1) is 11.3. The molecule has 12 heteroatoms. The van der Waals surface area contributed by atoms with Gasteiger partial charge in [0.1, 0.15) is 10.4 Å². The van der Waals surface area contributed by atoms with Gasteiger partial charge in [-0.15, -0.1) is 0 Å². The van der Waals surface area contributed by atoms with Crippen molar-refractivity contribution in [3.8, 4) is 5.69 Å². The summed E-state index contributed by atoms with van der Waals surface area (Å²) in [5.74, 6) is 0.546. The molecule has 0 spiro atoms. The molecule has 0 saturated carbocycles. The van der Waals surface area contributed by atoms with E-state index in [0.29, 0.717) is 16.1 Å². The predicted octanol–water partition coefficient (Wildman–Crippen LogP) is 0.561. The molecule has 1 aromatic carbocycles. The van der Waals surface area contributed by atoms with Gasteiger partial charge in [-0.1, -0.05) is 6.07 Å². The fraction of sp³-hybridized carbons (Fsp3) is 0.167. The summed E-state index contributed by atoms with van der Waals surface area (Å²) < 4.78 is 30.5. The van der Waals surface area contributed by atoms with Gasteiger partial charge in [-0.3, -0.25) is 4.72 Å². The van der Waals surface area contributed by atoms with E-state index in [1.54, 1.807) is 36.7 Å². The van der Waals surface area contributed by atoms with Gasteiger partial charge in [-0.2, -0.15) is 13.1 Å². The van der Waals surface area contributed by atoms with Crippen molar-refractivity contribution in [1.29, 1.82) is 0 Å². The Morgan fingerprint density at radius 2 is 2.08 bits per heavy atom. The second kappa shape index (κ2) is 5.87. The number of H-pyrrole nitrogens is 1. The standard InChI is InChI=1S/C12H12BrN7O3S/c1-7-14-11(10(13)19(7)2)24(22,23)16-8-4-3-5-9(6-8)20-12(21)15-17-18-20/h3-6,16H,1-2H3,(H,15,18,21). The third-order valence-corrected chi connectivity index (χ3v) is 5.76. The lowest BCUT2D eigenvalue weighted by molar-refractivity contribution is 0.597. The molecule has 0 aliphatic carbocycles. The van der Waals surface area contributed by atoms with E-state index in [-0.39, 0.29) is 10.7 Å². The number of aromatic amines is 1. The van der Waals surface area contributed by atoms with Gasteiger partial charge in [0.15, 0.2) is 0 Å². The summed E-state index contributed by atoms with van der Waals surface area (Å²) >= 11 is 3.22. The molecule has 2 N–H and O–H groups in total. The zero-order valence-corrected chi connectivity index (χ0v) is 15.0. The molecule has 2 aromatic heterocycles. The minimum absolute atomic E-state index is 0.119. The number of imidazole rings is 1. The number of tetrazole rings is 1. The molecule has 24 heavy (non-hydrogen) atoms. The Kier molecular flexibility index (Phi) is 4.01. The minimum atomic E-state index is -3.90. The SMILES string of the molecule is Cc1nc(S(=O)(=O)Nc2cccc(-n3nn[nH]c3=O)c2)c(Br)n1C. The fourth-order valence-corrected chi connectivity index (χ4v) is 4.13. The largest absolute Gasteiger partial charge is 0.365 e. The predicted molar refractivity (Wildman–Crippen MR) is 88.4 cm³/mol. The summed E-state index contributed by atoms with van der Waals surface area (Å²) in [7, 11) is -2.20. The Morgan fingerprint density at radius 1 is 1.33 bits per heavy atom. The quantitative estimate of drug-likeness (QED) is 0.642. The maximum absolute atomic E-state index is 12.5. The number of benzene rings is 1. The van der Waals surface area contributed by atoms with Crippen LogP contribution >= 0.6 is 15.9 Å². The van der Waals surface area contributed by atoms with E-state index < -0.39 is 15.7 Å². The van der Waals surface area contributed by atoms with Crippen LogP contribution in [0.15, 0.2) is 38.7 Å². The van der Waals surface area contributed by atoms with E-state index in [9.17, 15) is 13.2 Å². The van der Waals surface area contributed by atoms with Crippen molar-refractivity contribution in [2.45, 2.75) is 11.9 Å². The van der Waals surface area contributed by atoms with Crippen molar-refractivity contribution < 1.29 is 8.42 Å². The van der Waals surface area contributed by atoms with E-state index in [4.69, 9.17) is 0 Å². The molecule has 0 aliphatic heterocycles. The van der Waals surface area contributed by atoms with Crippen LogP contribution in [0.3, 0.4) is 0 Å². The Morgan fingerprint density at radius 3 is 2.67 bits per heavy atom. The average Bonchev–Trinajstić information content (AvgIpc) is 3.06. The molecule has 3 aromatic rings. The number of aryl methyl sites for hydroxylation is 1. The molecule has 0 fully saturated rings. The fourth-order valence-electron chi connectivity index (χ4n) is 2.00. The summed E-state index contributed by atoms with van der Waals surface area (Å²) in [5, 5.41) is 9.05. The second-order valence-corrected chi connectivity index (χ2v) is 7.24. The highest BCUT2D eigenvalue weighted by atomic mass is 79.9. The monoisotopic (exact) mass is 413 g/mol. The smallest absolute Gasteiger partial charge is 0.325 e. The van der Waals surface area contributed by atoms with Crippen LogP contribution in [0.25, 0.3) is 5.69 Å². The number of nitrogens with zero attached hydrogens (tertiary/aromatic N) is 5. The van der Waals surface area contributed by atoms with Crippen molar-refractivity contribution in [3.05, 3.63) is 45.2 Å². The van der Waals surface area contributed by atoms with E-state index in [2.05, 4.69) is 41.2 Å². The first kappa shape index (κ1) is 16.4. The van der Waals surface area contributed by atoms with Crippen molar-refractivity contribution in [2.24, 2.45) is 7.05 Å². The highest BCUT2D eigenvalue weighted by Crippen LogP contribution is 2.24. The first-order valence-electron chi connectivity index (χ1n) is 6.62. The van der Waals surface area contributed by atoms with Gasteiger partial charge < -0.3 is 4.57 Å². The normalized spacial score (nSPS) is 11.6. The van der Waals surface area contributed by atoms with Crippen LogP contribution in [0.5, 0.6) is 0 Å². The van der Waals surface area contributed by atoms with Gasteiger partial charge in [0.25, 0.3) is 10.0 Å². The summed E-state index contributed by atoms with van der Waals surface area (Å²) in [6.45, 7) is 1.70. The molecule has 2 heterocycles. The van der Waals surface area contributed by atoms with E-state index >= 15 is 0 Å². The topological polar surface area (TPSA) is 128 Å². The Labute approximate surface area is 144 Å². The van der Waals surface area contributed by atoms with Crippen LogP contribution in [0.4, 0.5) is 5.69 Å². The minimum Gasteiger partial charge on any atom is -0.325 e. The number of aromatic nitrogens is 6. The number of nitrogens with one attached hydrogen (secondary N) is 2. The van der Waals surface area contributed by atoms with Crippen LogP contribution in [-0.2, 0) is 17.1 Å². The van der Waals surface area contributed by atoms with Crippen LogP contribution in [0.1, 0.15) is 5.82 Å². The first-order valence-corrected chi connectivity index (χ1v) is 8.89. The van der Waals surface area contributed by atoms with Gasteiger partial charge >= 0.3 is 5.69 Å². The highest BCUT2D eigenvalue weighted by Gasteiger charge is 2.24. The van der Waals surface area contributed by atoms with E-state index in [1.807, 2.05) is 0 Å². The van der Waals surface area contributed by atoms with Crippen molar-refractivity contribution in [1.82, 2.24) is 29.8 Å². The van der Waals surface area contributed by atoms with Crippen molar-refractivity contribution in [2.75, 3.05) is 4.72 Å². The molecule has 126 valence electrons. The lowest BCUT2D eigenvalue weighted by Crippen LogP contribution is -2.17. The number of anilines is 1. The molecule has 0 bridgehead atoms. The molecular formula is C12H12BrN7O3S. The molecule has 0 atom stereocenters. The lowest BCUT2D eigenvalue weighted by atomic mass is 10.3. The maximum Gasteiger partial charge on any atom is 0.365 e. The summed E-state index contributed by atoms with van der Waals surface area (Å²) in [6.07, 6.45) is 0. The molecule has 0 radical (unpaired) electrons. The average molecular weight is 414 g/mol. The third kappa shape index (κ3) is 2.85. The van der Waals surface area contributed by atoms with Crippen LogP contribution in [0, 0.1) is 6.92 Å². The number of halogens is 1. The summed E-state index contributed by atoms with van der Waals surface area (Å²) in [6, 6.07) is 6.20. The molecular weight excluding hydrogens is 402 g/mol. The summed E-state index contributed by atoms with van der Waals surface area (Å²) in [5.41, 5.74) is 0.0981. The van der Waals surface area contributed by atoms with Gasteiger partial charge in [-0.25, -0.2) is 14.9 Å². The zero-order chi connectivity index (χ0) is 17.5. The Balaban J connectivity index is 1.98. The highest BCUT2D eigenvalue weighted by molar-refractivity contribution is 9.10. The molecule has 0 saturated heterocycles. The molecule has 0 amide bonds. The maximum atomic E-state index is 12.5. The van der Waals surface area contributed by atoms with Gasteiger partial charge in [0, 0.05) is 7.05 Å². The van der Waals surface area contributed by atoms with E-state index in [0.717, 1.165) is 4.68 Å². The number of hydrogen-bond acceptors (Lipinski definition) is 6. The molecule has 0 aliphatic rings. The van der Waals surface area contributed by atoms with Gasteiger partial charge in [0.2, 0.25) is 5.03 Å². The number of rotatable bonds is 4. The lowest BCUT2D eigenvalue weighted by Gasteiger charge is -2.08. The molecule has 0 unspecified atom stereocenters. The van der Waals surface area contributed by atoms with Crippen LogP contribution < -0.4 is 10.4 Å². The van der Waals surface area contributed by atoms with Crippen molar-refractivity contribution in [3.63, 3.8) is 0 Å². The Bertz CT molecular complexity index is 1070. The zero-order valence-electron chi connectivity index (χ0n) is 12.6. The van der Waals surface area contributed by atoms with E-state index in [1.165, 1.54) is 6.07 Å². The van der Waals surface area contributed by atoms with Gasteiger partial charge in [0.05, 0.1) is 11.4 Å². The van der Waals surface area contributed by atoms with Gasteiger partial charge in [-0.05, 0) is 51.5 Å². The number of hydrogen-bond donors (Lipinski definition) is 2. The number of sulfonamides is 1. The molecule has 3 rings (SSSR count).